The van der Waals surface area contributed by atoms with Gasteiger partial charge in [0.05, 0.1) is 17.6 Å². The molecule has 1 N–H and O–H groups in total. The Bertz CT molecular complexity index is 627. The zero-order valence-electron chi connectivity index (χ0n) is 13.8. The van der Waals surface area contributed by atoms with Crippen LogP contribution in [0, 0.1) is 11.3 Å². The lowest BCUT2D eigenvalue weighted by Gasteiger charge is -2.39. The second-order valence-electron chi connectivity index (χ2n) is 7.96. The summed E-state index contributed by atoms with van der Waals surface area (Å²) in [6, 6.07) is 7.82. The van der Waals surface area contributed by atoms with E-state index >= 15 is 0 Å². The third kappa shape index (κ3) is 2.13. The van der Waals surface area contributed by atoms with E-state index in [-0.39, 0.29) is 22.3 Å². The minimum Gasteiger partial charge on any atom is -0.372 e. The van der Waals surface area contributed by atoms with E-state index in [0.717, 1.165) is 42.9 Å². The summed E-state index contributed by atoms with van der Waals surface area (Å²) < 4.78 is 6.22. The highest BCUT2D eigenvalue weighted by Gasteiger charge is 2.63. The van der Waals surface area contributed by atoms with E-state index in [9.17, 15) is 4.79 Å². The van der Waals surface area contributed by atoms with Gasteiger partial charge in [0.2, 0.25) is 0 Å². The van der Waals surface area contributed by atoms with Gasteiger partial charge in [-0.1, -0.05) is 37.6 Å². The fourth-order valence-electron chi connectivity index (χ4n) is 4.61. The number of nitrogens with one attached hydrogen (secondary N) is 1. The van der Waals surface area contributed by atoms with Gasteiger partial charge in [0.1, 0.15) is 5.78 Å². The second kappa shape index (κ2) is 5.05. The van der Waals surface area contributed by atoms with Gasteiger partial charge < -0.3 is 10.1 Å². The first-order valence-corrected chi connectivity index (χ1v) is 8.94. The maximum Gasteiger partial charge on any atom is 0.149 e. The van der Waals surface area contributed by atoms with Gasteiger partial charge in [0, 0.05) is 22.9 Å². The monoisotopic (exact) mass is 333 g/mol. The summed E-state index contributed by atoms with van der Waals surface area (Å²) in [6.07, 6.45) is 2.90. The first-order chi connectivity index (χ1) is 10.9. The van der Waals surface area contributed by atoms with Crippen LogP contribution in [0.3, 0.4) is 0 Å². The Hall–Kier alpha value is -0.900. The summed E-state index contributed by atoms with van der Waals surface area (Å²) in [5.41, 5.74) is 0.514. The zero-order chi connectivity index (χ0) is 16.3. The van der Waals surface area contributed by atoms with Crippen LogP contribution in [-0.2, 0) is 14.9 Å². The van der Waals surface area contributed by atoms with Gasteiger partial charge in [-0.25, -0.2) is 0 Å². The molecule has 2 atom stereocenters. The number of carbonyl (C=O) groups is 1. The predicted octanol–water partition coefficient (Wildman–Crippen LogP) is 3.35. The molecule has 3 aliphatic rings. The van der Waals surface area contributed by atoms with Gasteiger partial charge in [-0.05, 0) is 43.5 Å². The van der Waals surface area contributed by atoms with Crippen molar-refractivity contribution in [1.82, 2.24) is 5.32 Å². The molecule has 2 heterocycles. The average Bonchev–Trinajstić information content (AvgIpc) is 3.11. The van der Waals surface area contributed by atoms with Crippen molar-refractivity contribution in [3.8, 4) is 0 Å². The SMILES string of the molecule is CC1(C)C(C(=O)C2(c3ccc(Cl)cc3)CC2)COC12CCNC2. The van der Waals surface area contributed by atoms with Crippen molar-refractivity contribution in [1.29, 1.82) is 0 Å². The zero-order valence-corrected chi connectivity index (χ0v) is 14.6. The molecule has 1 spiro atoms. The predicted molar refractivity (Wildman–Crippen MR) is 90.8 cm³/mol. The molecular weight excluding hydrogens is 310 g/mol. The van der Waals surface area contributed by atoms with Gasteiger partial charge in [0.15, 0.2) is 0 Å². The van der Waals surface area contributed by atoms with Crippen molar-refractivity contribution < 1.29 is 9.53 Å². The van der Waals surface area contributed by atoms with E-state index in [1.165, 1.54) is 0 Å². The van der Waals surface area contributed by atoms with Crippen LogP contribution in [0.15, 0.2) is 24.3 Å². The second-order valence-corrected chi connectivity index (χ2v) is 8.40. The Morgan fingerprint density at radius 3 is 2.48 bits per heavy atom. The molecule has 1 saturated carbocycles. The molecule has 0 aromatic heterocycles. The number of halogens is 1. The lowest BCUT2D eigenvalue weighted by molar-refractivity contribution is -0.128. The van der Waals surface area contributed by atoms with E-state index in [4.69, 9.17) is 16.3 Å². The molecule has 23 heavy (non-hydrogen) atoms. The van der Waals surface area contributed by atoms with Crippen molar-refractivity contribution in [2.45, 2.75) is 44.1 Å². The van der Waals surface area contributed by atoms with Gasteiger partial charge in [0.25, 0.3) is 0 Å². The Morgan fingerprint density at radius 2 is 1.91 bits per heavy atom. The normalized spacial score (nSPS) is 34.0. The highest BCUT2D eigenvalue weighted by atomic mass is 35.5. The number of Topliss-reactive ketones (excluding diaryl/α,β-unsaturated/α-hetero) is 1. The maximum atomic E-state index is 13.4. The largest absolute Gasteiger partial charge is 0.372 e. The van der Waals surface area contributed by atoms with E-state index in [1.807, 2.05) is 24.3 Å². The van der Waals surface area contributed by atoms with Crippen LogP contribution in [0.4, 0.5) is 0 Å². The van der Waals surface area contributed by atoms with Crippen LogP contribution in [0.25, 0.3) is 0 Å². The molecule has 0 amide bonds. The minimum absolute atomic E-state index is 0.0272. The number of rotatable bonds is 3. The summed E-state index contributed by atoms with van der Waals surface area (Å²) >= 11 is 6.00. The molecule has 1 aliphatic carbocycles. The number of hydrogen-bond donors (Lipinski definition) is 1. The van der Waals surface area contributed by atoms with Gasteiger partial charge in [-0.2, -0.15) is 0 Å². The fraction of sp³-hybridized carbons (Fsp3) is 0.632. The minimum atomic E-state index is -0.298. The highest BCUT2D eigenvalue weighted by Crippen LogP contribution is 2.57. The number of hydrogen-bond acceptors (Lipinski definition) is 3. The third-order valence-corrected chi connectivity index (χ3v) is 6.87. The summed E-state index contributed by atoms with van der Waals surface area (Å²) in [5.74, 6) is 0.342. The summed E-state index contributed by atoms with van der Waals surface area (Å²) in [5, 5.41) is 4.13. The summed E-state index contributed by atoms with van der Waals surface area (Å²) in [4.78, 5) is 13.4. The quantitative estimate of drug-likeness (QED) is 0.922. The Kier molecular flexibility index (Phi) is 3.43. The number of carbonyl (C=O) groups excluding carboxylic acids is 1. The smallest absolute Gasteiger partial charge is 0.149 e. The van der Waals surface area contributed by atoms with Crippen LogP contribution in [0.2, 0.25) is 5.02 Å². The number of ether oxygens (including phenoxy) is 1. The van der Waals surface area contributed by atoms with Gasteiger partial charge in [-0.3, -0.25) is 4.79 Å². The molecule has 2 saturated heterocycles. The lowest BCUT2D eigenvalue weighted by atomic mass is 9.64. The van der Waals surface area contributed by atoms with Gasteiger partial charge in [-0.15, -0.1) is 0 Å². The van der Waals surface area contributed by atoms with E-state index in [2.05, 4.69) is 19.2 Å². The topological polar surface area (TPSA) is 38.3 Å². The molecule has 0 radical (unpaired) electrons. The Balaban J connectivity index is 1.63. The van der Waals surface area contributed by atoms with E-state index in [1.54, 1.807) is 0 Å². The Morgan fingerprint density at radius 1 is 1.22 bits per heavy atom. The fourth-order valence-corrected chi connectivity index (χ4v) is 4.73. The van der Waals surface area contributed by atoms with Crippen molar-refractivity contribution in [2.24, 2.45) is 11.3 Å². The first-order valence-electron chi connectivity index (χ1n) is 8.56. The van der Waals surface area contributed by atoms with Crippen molar-refractivity contribution in [2.75, 3.05) is 19.7 Å². The molecule has 124 valence electrons. The van der Waals surface area contributed by atoms with Crippen molar-refractivity contribution >= 4 is 17.4 Å². The Labute approximate surface area is 142 Å². The maximum absolute atomic E-state index is 13.4. The molecule has 1 aromatic rings. The molecule has 2 aliphatic heterocycles. The van der Waals surface area contributed by atoms with E-state index in [0.29, 0.717) is 12.4 Å². The molecule has 0 bridgehead atoms. The van der Waals surface area contributed by atoms with E-state index < -0.39 is 0 Å². The molecule has 3 nitrogen and oxygen atoms in total. The highest BCUT2D eigenvalue weighted by molar-refractivity contribution is 6.30. The van der Waals surface area contributed by atoms with Gasteiger partial charge >= 0.3 is 0 Å². The molecule has 4 heteroatoms. The molecule has 4 rings (SSSR count). The number of benzene rings is 1. The third-order valence-electron chi connectivity index (χ3n) is 6.62. The van der Waals surface area contributed by atoms with Crippen LogP contribution < -0.4 is 5.32 Å². The summed E-state index contributed by atoms with van der Waals surface area (Å²) in [6.45, 7) is 6.83. The van der Waals surface area contributed by atoms with Crippen LogP contribution in [0.1, 0.15) is 38.7 Å². The average molecular weight is 334 g/mol. The van der Waals surface area contributed by atoms with Crippen molar-refractivity contribution in [3.05, 3.63) is 34.9 Å². The standard InChI is InChI=1S/C19H24ClNO2/c1-17(2)15(11-23-19(17)9-10-21-12-19)16(22)18(7-8-18)13-3-5-14(20)6-4-13/h3-6,15,21H,7-12H2,1-2H3. The molecular formula is C19H24ClNO2. The molecule has 1 aromatic carbocycles. The summed E-state index contributed by atoms with van der Waals surface area (Å²) in [7, 11) is 0. The van der Waals surface area contributed by atoms with Crippen LogP contribution in [0.5, 0.6) is 0 Å². The van der Waals surface area contributed by atoms with Crippen LogP contribution in [-0.4, -0.2) is 31.1 Å². The van der Waals surface area contributed by atoms with Crippen molar-refractivity contribution in [3.63, 3.8) is 0 Å². The molecule has 2 unspecified atom stereocenters. The van der Waals surface area contributed by atoms with Crippen LogP contribution >= 0.6 is 11.6 Å². The molecule has 3 fully saturated rings. The lowest BCUT2D eigenvalue weighted by Crippen LogP contribution is -2.48. The first kappa shape index (κ1) is 15.6. The number of ketones is 1.